The number of carbonyl (C=O) groups is 2. The minimum absolute atomic E-state index is 0.00634. The van der Waals surface area contributed by atoms with Gasteiger partial charge in [0, 0.05) is 0 Å². The number of hydrogen-bond acceptors (Lipinski definition) is 7. The highest BCUT2D eigenvalue weighted by Gasteiger charge is 2.09. The largest absolute Gasteiger partial charge is 0.453 e. The molecule has 0 atom stereocenters. The third-order valence-electron chi connectivity index (χ3n) is 1.24. The molecule has 9 heteroatoms. The van der Waals surface area contributed by atoms with Crippen molar-refractivity contribution in [3.8, 4) is 0 Å². The molecule has 2 amide bonds. The SMILES string of the molecule is COC(=O)NC(=O)CSc1n[nH]c(N)n1. The predicted octanol–water partition coefficient (Wildman–Crippen LogP) is -0.638. The lowest BCUT2D eigenvalue weighted by Crippen LogP contribution is -2.31. The number of amides is 2. The minimum Gasteiger partial charge on any atom is -0.453 e. The molecule has 4 N–H and O–H groups in total. The molecule has 82 valence electrons. The molecule has 1 rings (SSSR count). The van der Waals surface area contributed by atoms with Crippen molar-refractivity contribution in [1.29, 1.82) is 0 Å². The molecule has 0 unspecified atom stereocenters. The average Bonchev–Trinajstić information content (AvgIpc) is 2.61. The number of alkyl carbamates (subject to hydrolysis) is 1. The van der Waals surface area contributed by atoms with Crippen LogP contribution in [0.1, 0.15) is 0 Å². The Labute approximate surface area is 89.0 Å². The van der Waals surface area contributed by atoms with Gasteiger partial charge >= 0.3 is 6.09 Å². The molecule has 0 aliphatic rings. The Morgan fingerprint density at radius 3 is 2.93 bits per heavy atom. The van der Waals surface area contributed by atoms with Crippen LogP contribution in [0.2, 0.25) is 0 Å². The van der Waals surface area contributed by atoms with Crippen molar-refractivity contribution < 1.29 is 14.3 Å². The quantitative estimate of drug-likeness (QED) is 0.591. The van der Waals surface area contributed by atoms with Crippen molar-refractivity contribution in [3.05, 3.63) is 0 Å². The van der Waals surface area contributed by atoms with Gasteiger partial charge < -0.3 is 10.5 Å². The number of nitrogens with one attached hydrogen (secondary N) is 2. The van der Waals surface area contributed by atoms with Crippen LogP contribution in [0.4, 0.5) is 10.7 Å². The van der Waals surface area contributed by atoms with Crippen LogP contribution in [-0.2, 0) is 9.53 Å². The van der Waals surface area contributed by atoms with Gasteiger partial charge in [0.2, 0.25) is 17.0 Å². The van der Waals surface area contributed by atoms with Gasteiger partial charge in [0.25, 0.3) is 0 Å². The van der Waals surface area contributed by atoms with Gasteiger partial charge in [-0.05, 0) is 0 Å². The summed E-state index contributed by atoms with van der Waals surface area (Å²) in [6.45, 7) is 0. The van der Waals surface area contributed by atoms with E-state index in [2.05, 4.69) is 19.9 Å². The molecule has 8 nitrogen and oxygen atoms in total. The van der Waals surface area contributed by atoms with Crippen molar-refractivity contribution in [2.24, 2.45) is 0 Å². The first-order chi connectivity index (χ1) is 7.11. The Morgan fingerprint density at radius 2 is 2.40 bits per heavy atom. The number of hydrogen-bond donors (Lipinski definition) is 3. The third-order valence-corrected chi connectivity index (χ3v) is 2.09. The second kappa shape index (κ2) is 5.20. The van der Waals surface area contributed by atoms with Crippen LogP contribution in [0.15, 0.2) is 5.16 Å². The standard InChI is InChI=1S/C6H9N5O3S/c1-14-6(13)8-3(12)2-15-5-9-4(7)10-11-5/h2H2,1H3,(H,8,12,13)(H3,7,9,10,11). The maximum atomic E-state index is 11.1. The van der Waals surface area contributed by atoms with Gasteiger partial charge in [-0.1, -0.05) is 11.8 Å². The van der Waals surface area contributed by atoms with Gasteiger partial charge in [0.1, 0.15) is 0 Å². The molecule has 1 heterocycles. The monoisotopic (exact) mass is 231 g/mol. The number of thioether (sulfide) groups is 1. The molecule has 15 heavy (non-hydrogen) atoms. The van der Waals surface area contributed by atoms with Crippen LogP contribution in [0.3, 0.4) is 0 Å². The van der Waals surface area contributed by atoms with E-state index in [0.29, 0.717) is 5.16 Å². The summed E-state index contributed by atoms with van der Waals surface area (Å²) < 4.78 is 4.24. The summed E-state index contributed by atoms with van der Waals surface area (Å²) in [6.07, 6.45) is -0.796. The molecule has 0 saturated heterocycles. The molecule has 1 aromatic heterocycles. The molecule has 0 spiro atoms. The number of rotatable bonds is 3. The molecule has 0 aromatic carbocycles. The number of nitrogens with two attached hydrogens (primary N) is 1. The zero-order valence-corrected chi connectivity index (χ0v) is 8.63. The molecule has 0 bridgehead atoms. The fraction of sp³-hybridized carbons (Fsp3) is 0.333. The summed E-state index contributed by atoms with van der Waals surface area (Å²) in [4.78, 5) is 25.4. The Bertz CT molecular complexity index is 365. The van der Waals surface area contributed by atoms with Gasteiger partial charge in [-0.25, -0.2) is 9.89 Å². The molecule has 0 fully saturated rings. The van der Waals surface area contributed by atoms with E-state index >= 15 is 0 Å². The zero-order chi connectivity index (χ0) is 11.3. The normalized spacial score (nSPS) is 9.67. The maximum Gasteiger partial charge on any atom is 0.413 e. The smallest absolute Gasteiger partial charge is 0.413 e. The van der Waals surface area contributed by atoms with Crippen molar-refractivity contribution in [2.75, 3.05) is 18.6 Å². The van der Waals surface area contributed by atoms with E-state index in [1.54, 1.807) is 0 Å². The van der Waals surface area contributed by atoms with E-state index in [0.717, 1.165) is 11.8 Å². The number of carbonyl (C=O) groups excluding carboxylic acids is 2. The lowest BCUT2D eigenvalue weighted by molar-refractivity contribution is -0.117. The fourth-order valence-corrected chi connectivity index (χ4v) is 1.26. The third kappa shape index (κ3) is 3.85. The second-order valence-electron chi connectivity index (χ2n) is 2.33. The first-order valence-corrected chi connectivity index (χ1v) is 4.79. The van der Waals surface area contributed by atoms with Crippen molar-refractivity contribution in [1.82, 2.24) is 20.5 Å². The van der Waals surface area contributed by atoms with Gasteiger partial charge in [-0.3, -0.25) is 10.1 Å². The van der Waals surface area contributed by atoms with E-state index in [1.807, 2.05) is 5.32 Å². The zero-order valence-electron chi connectivity index (χ0n) is 7.81. The highest BCUT2D eigenvalue weighted by molar-refractivity contribution is 7.99. The second-order valence-corrected chi connectivity index (χ2v) is 3.27. The Kier molecular flexibility index (Phi) is 3.92. The molecule has 0 aliphatic carbocycles. The summed E-state index contributed by atoms with van der Waals surface area (Å²) in [5.41, 5.74) is 5.27. The lowest BCUT2D eigenvalue weighted by atomic mass is 10.7. The van der Waals surface area contributed by atoms with Crippen LogP contribution in [0, 0.1) is 0 Å². The first kappa shape index (κ1) is 11.3. The summed E-state index contributed by atoms with van der Waals surface area (Å²) in [5.74, 6) is -0.312. The summed E-state index contributed by atoms with van der Waals surface area (Å²) in [6, 6.07) is 0. The number of aromatic amines is 1. The number of anilines is 1. The van der Waals surface area contributed by atoms with Gasteiger partial charge in [0.05, 0.1) is 12.9 Å². The number of ether oxygens (including phenoxy) is 1. The highest BCUT2D eigenvalue weighted by atomic mass is 32.2. The number of methoxy groups -OCH3 is 1. The minimum atomic E-state index is -0.796. The van der Waals surface area contributed by atoms with Crippen LogP contribution >= 0.6 is 11.8 Å². The molecule has 0 saturated carbocycles. The van der Waals surface area contributed by atoms with Gasteiger partial charge in [0.15, 0.2) is 0 Å². The van der Waals surface area contributed by atoms with Crippen LogP contribution in [0.25, 0.3) is 0 Å². The molecular formula is C6H9N5O3S. The van der Waals surface area contributed by atoms with Crippen molar-refractivity contribution >= 4 is 29.7 Å². The fourth-order valence-electron chi connectivity index (χ4n) is 0.654. The number of H-pyrrole nitrogens is 1. The number of imide groups is 1. The number of aromatic nitrogens is 3. The molecule has 0 aliphatic heterocycles. The predicted molar refractivity (Wildman–Crippen MR) is 52.1 cm³/mol. The molecule has 0 radical (unpaired) electrons. The highest BCUT2D eigenvalue weighted by Crippen LogP contribution is 2.11. The Hall–Kier alpha value is -1.77. The summed E-state index contributed by atoms with van der Waals surface area (Å²) >= 11 is 1.05. The van der Waals surface area contributed by atoms with Crippen molar-refractivity contribution in [2.45, 2.75) is 5.16 Å². The van der Waals surface area contributed by atoms with E-state index in [1.165, 1.54) is 7.11 Å². The first-order valence-electron chi connectivity index (χ1n) is 3.80. The van der Waals surface area contributed by atoms with Crippen LogP contribution in [-0.4, -0.2) is 40.0 Å². The number of nitrogen functional groups attached to an aromatic ring is 1. The van der Waals surface area contributed by atoms with Gasteiger partial charge in [-0.15, -0.1) is 5.10 Å². The maximum absolute atomic E-state index is 11.1. The van der Waals surface area contributed by atoms with E-state index in [9.17, 15) is 9.59 Å². The van der Waals surface area contributed by atoms with Crippen LogP contribution < -0.4 is 11.1 Å². The molecule has 1 aromatic rings. The summed E-state index contributed by atoms with van der Waals surface area (Å²) in [7, 11) is 1.17. The lowest BCUT2D eigenvalue weighted by Gasteiger charge is -1.99. The average molecular weight is 231 g/mol. The van der Waals surface area contributed by atoms with Gasteiger partial charge in [-0.2, -0.15) is 4.98 Å². The Morgan fingerprint density at radius 1 is 1.67 bits per heavy atom. The topological polar surface area (TPSA) is 123 Å². The van der Waals surface area contributed by atoms with E-state index < -0.39 is 12.0 Å². The Balaban J connectivity index is 2.31. The van der Waals surface area contributed by atoms with Crippen molar-refractivity contribution in [3.63, 3.8) is 0 Å². The molecular weight excluding hydrogens is 222 g/mol. The van der Waals surface area contributed by atoms with E-state index in [-0.39, 0.29) is 11.7 Å². The number of nitrogens with zero attached hydrogens (tertiary/aromatic N) is 2. The summed E-state index contributed by atoms with van der Waals surface area (Å²) in [5, 5.41) is 8.44. The van der Waals surface area contributed by atoms with E-state index in [4.69, 9.17) is 5.73 Å². The van der Waals surface area contributed by atoms with Crippen LogP contribution in [0.5, 0.6) is 0 Å².